The summed E-state index contributed by atoms with van der Waals surface area (Å²) in [5.41, 5.74) is 5.68. The summed E-state index contributed by atoms with van der Waals surface area (Å²) in [7, 11) is 4.24. The third kappa shape index (κ3) is 2.73. The van der Waals surface area contributed by atoms with Crippen LogP contribution in [0.2, 0.25) is 0 Å². The predicted molar refractivity (Wildman–Crippen MR) is 52.2 cm³/mol. The maximum absolute atomic E-state index is 5.68. The lowest BCUT2D eigenvalue weighted by Crippen LogP contribution is -2.39. The molecule has 3 heteroatoms. The Kier molecular flexibility index (Phi) is 3.98. The Morgan fingerprint density at radius 2 is 2.25 bits per heavy atom. The first-order valence-electron chi connectivity index (χ1n) is 4.83. The molecule has 1 atom stereocenters. The van der Waals surface area contributed by atoms with E-state index in [1.807, 2.05) is 0 Å². The highest BCUT2D eigenvalue weighted by atomic mass is 15.2. The van der Waals surface area contributed by atoms with E-state index in [2.05, 4.69) is 23.9 Å². The average Bonchev–Trinajstić information content (AvgIpc) is 2.47. The van der Waals surface area contributed by atoms with Gasteiger partial charge in [-0.1, -0.05) is 0 Å². The van der Waals surface area contributed by atoms with Crippen LogP contribution < -0.4 is 5.73 Å². The first-order valence-corrected chi connectivity index (χ1v) is 4.83. The molecular formula is C9H21N3. The van der Waals surface area contributed by atoms with Crippen molar-refractivity contribution in [1.82, 2.24) is 9.80 Å². The van der Waals surface area contributed by atoms with Crippen LogP contribution in [-0.2, 0) is 0 Å². The largest absolute Gasteiger partial charge is 0.329 e. The van der Waals surface area contributed by atoms with Gasteiger partial charge in [0.25, 0.3) is 0 Å². The van der Waals surface area contributed by atoms with E-state index in [0.717, 1.165) is 13.1 Å². The Morgan fingerprint density at radius 1 is 1.50 bits per heavy atom. The number of rotatable bonds is 4. The summed E-state index contributed by atoms with van der Waals surface area (Å²) in [6.07, 6.45) is 2.62. The molecule has 72 valence electrons. The Labute approximate surface area is 75.5 Å². The minimum atomic E-state index is 0.657. The second-order valence-electron chi connectivity index (χ2n) is 3.87. The molecule has 0 radical (unpaired) electrons. The van der Waals surface area contributed by atoms with Gasteiger partial charge in [0.2, 0.25) is 0 Å². The zero-order chi connectivity index (χ0) is 8.97. The SMILES string of the molecule is CN(C)CCN1CCCC1CN. The van der Waals surface area contributed by atoms with Crippen LogP contribution in [0.5, 0.6) is 0 Å². The minimum absolute atomic E-state index is 0.657. The normalized spacial score (nSPS) is 25.5. The van der Waals surface area contributed by atoms with Gasteiger partial charge in [-0.05, 0) is 33.5 Å². The van der Waals surface area contributed by atoms with Crippen molar-refractivity contribution in [3.63, 3.8) is 0 Å². The molecule has 1 aliphatic heterocycles. The molecule has 0 aliphatic carbocycles. The van der Waals surface area contributed by atoms with Gasteiger partial charge in [-0.2, -0.15) is 0 Å². The molecule has 0 aromatic rings. The van der Waals surface area contributed by atoms with Crippen molar-refractivity contribution >= 4 is 0 Å². The van der Waals surface area contributed by atoms with Gasteiger partial charge < -0.3 is 10.6 Å². The van der Waals surface area contributed by atoms with Crippen LogP contribution in [0.4, 0.5) is 0 Å². The molecule has 1 aliphatic rings. The fourth-order valence-corrected chi connectivity index (χ4v) is 1.78. The fourth-order valence-electron chi connectivity index (χ4n) is 1.78. The molecule has 0 aromatic carbocycles. The number of hydrogen-bond acceptors (Lipinski definition) is 3. The van der Waals surface area contributed by atoms with Crippen LogP contribution in [-0.4, -0.2) is 56.1 Å². The highest BCUT2D eigenvalue weighted by Gasteiger charge is 2.22. The van der Waals surface area contributed by atoms with Gasteiger partial charge in [0.1, 0.15) is 0 Å². The van der Waals surface area contributed by atoms with Crippen molar-refractivity contribution in [2.75, 3.05) is 40.3 Å². The Hall–Kier alpha value is -0.120. The number of likely N-dealkylation sites (N-methyl/N-ethyl adjacent to an activating group) is 1. The summed E-state index contributed by atoms with van der Waals surface area (Å²) in [5.74, 6) is 0. The molecule has 0 amide bonds. The summed E-state index contributed by atoms with van der Waals surface area (Å²) in [6, 6.07) is 0.657. The van der Waals surface area contributed by atoms with Gasteiger partial charge in [-0.25, -0.2) is 0 Å². The monoisotopic (exact) mass is 171 g/mol. The Balaban J connectivity index is 2.21. The Bertz CT molecular complexity index is 125. The lowest BCUT2D eigenvalue weighted by atomic mass is 10.2. The van der Waals surface area contributed by atoms with Gasteiger partial charge in [0.15, 0.2) is 0 Å². The molecule has 1 fully saturated rings. The van der Waals surface area contributed by atoms with E-state index in [0.29, 0.717) is 6.04 Å². The van der Waals surface area contributed by atoms with Crippen molar-refractivity contribution < 1.29 is 0 Å². The van der Waals surface area contributed by atoms with Crippen LogP contribution in [0.1, 0.15) is 12.8 Å². The smallest absolute Gasteiger partial charge is 0.0219 e. The van der Waals surface area contributed by atoms with Gasteiger partial charge in [0.05, 0.1) is 0 Å². The number of nitrogens with two attached hydrogens (primary N) is 1. The number of likely N-dealkylation sites (tertiary alicyclic amines) is 1. The zero-order valence-corrected chi connectivity index (χ0v) is 8.29. The summed E-state index contributed by atoms with van der Waals surface area (Å²) in [6.45, 7) is 4.40. The van der Waals surface area contributed by atoms with E-state index in [1.54, 1.807) is 0 Å². The van der Waals surface area contributed by atoms with E-state index in [9.17, 15) is 0 Å². The third-order valence-corrected chi connectivity index (χ3v) is 2.61. The van der Waals surface area contributed by atoms with Gasteiger partial charge in [-0.3, -0.25) is 4.90 Å². The van der Waals surface area contributed by atoms with Crippen LogP contribution in [0.25, 0.3) is 0 Å². The van der Waals surface area contributed by atoms with E-state index < -0.39 is 0 Å². The second kappa shape index (κ2) is 4.80. The molecule has 2 N–H and O–H groups in total. The van der Waals surface area contributed by atoms with Gasteiger partial charge in [0, 0.05) is 25.7 Å². The van der Waals surface area contributed by atoms with Crippen molar-refractivity contribution in [3.8, 4) is 0 Å². The molecule has 12 heavy (non-hydrogen) atoms. The van der Waals surface area contributed by atoms with E-state index >= 15 is 0 Å². The first-order chi connectivity index (χ1) is 5.74. The predicted octanol–water partition coefficient (Wildman–Crippen LogP) is -0.0289. The summed E-state index contributed by atoms with van der Waals surface area (Å²) < 4.78 is 0. The highest BCUT2D eigenvalue weighted by molar-refractivity contribution is 4.79. The van der Waals surface area contributed by atoms with Crippen LogP contribution in [0, 0.1) is 0 Å². The quantitative estimate of drug-likeness (QED) is 0.645. The first kappa shape index (κ1) is 9.96. The number of nitrogens with zero attached hydrogens (tertiary/aromatic N) is 2. The molecule has 0 spiro atoms. The standard InChI is InChI=1S/C9H21N3/c1-11(2)6-7-12-5-3-4-9(12)8-10/h9H,3-8,10H2,1-2H3. The minimum Gasteiger partial charge on any atom is -0.329 e. The summed E-state index contributed by atoms with van der Waals surface area (Å²) in [4.78, 5) is 4.74. The van der Waals surface area contributed by atoms with E-state index in [-0.39, 0.29) is 0 Å². The molecular weight excluding hydrogens is 150 g/mol. The van der Waals surface area contributed by atoms with Crippen molar-refractivity contribution in [2.24, 2.45) is 5.73 Å². The molecule has 3 nitrogen and oxygen atoms in total. The maximum Gasteiger partial charge on any atom is 0.0219 e. The number of hydrogen-bond donors (Lipinski definition) is 1. The fraction of sp³-hybridized carbons (Fsp3) is 1.00. The molecule has 1 unspecified atom stereocenters. The highest BCUT2D eigenvalue weighted by Crippen LogP contribution is 2.14. The molecule has 0 aromatic heterocycles. The van der Waals surface area contributed by atoms with Crippen molar-refractivity contribution in [3.05, 3.63) is 0 Å². The second-order valence-corrected chi connectivity index (χ2v) is 3.87. The van der Waals surface area contributed by atoms with Gasteiger partial charge in [-0.15, -0.1) is 0 Å². The molecule has 1 saturated heterocycles. The lowest BCUT2D eigenvalue weighted by Gasteiger charge is -2.24. The summed E-state index contributed by atoms with van der Waals surface area (Å²) >= 11 is 0. The third-order valence-electron chi connectivity index (χ3n) is 2.61. The molecule has 1 rings (SSSR count). The Morgan fingerprint density at radius 3 is 2.83 bits per heavy atom. The van der Waals surface area contributed by atoms with Crippen LogP contribution >= 0.6 is 0 Å². The topological polar surface area (TPSA) is 32.5 Å². The van der Waals surface area contributed by atoms with Crippen molar-refractivity contribution in [2.45, 2.75) is 18.9 Å². The van der Waals surface area contributed by atoms with Gasteiger partial charge >= 0.3 is 0 Å². The van der Waals surface area contributed by atoms with E-state index in [4.69, 9.17) is 5.73 Å². The average molecular weight is 171 g/mol. The van der Waals surface area contributed by atoms with Crippen molar-refractivity contribution in [1.29, 1.82) is 0 Å². The lowest BCUT2D eigenvalue weighted by molar-refractivity contribution is 0.229. The summed E-state index contributed by atoms with van der Waals surface area (Å²) in [5, 5.41) is 0. The van der Waals surface area contributed by atoms with Crippen LogP contribution in [0.15, 0.2) is 0 Å². The molecule has 0 bridgehead atoms. The molecule has 0 saturated carbocycles. The molecule has 1 heterocycles. The maximum atomic E-state index is 5.68. The van der Waals surface area contributed by atoms with Crippen LogP contribution in [0.3, 0.4) is 0 Å². The zero-order valence-electron chi connectivity index (χ0n) is 8.29. The van der Waals surface area contributed by atoms with E-state index in [1.165, 1.54) is 25.9 Å².